The molecule has 0 amide bonds. The van der Waals surface area contributed by atoms with Gasteiger partial charge in [0, 0.05) is 19.8 Å². The molecule has 0 aliphatic rings. The lowest BCUT2D eigenvalue weighted by Gasteiger charge is -2.18. The van der Waals surface area contributed by atoms with Crippen molar-refractivity contribution in [3.63, 3.8) is 0 Å². The summed E-state index contributed by atoms with van der Waals surface area (Å²) in [6.45, 7) is 2.89. The third-order valence-electron chi connectivity index (χ3n) is 2.45. The lowest BCUT2D eigenvalue weighted by Crippen LogP contribution is -2.13. The van der Waals surface area contributed by atoms with Gasteiger partial charge in [0.05, 0.1) is 0 Å². The highest BCUT2D eigenvalue weighted by atomic mass is 15.1. The second kappa shape index (κ2) is 5.01. The average Bonchev–Trinajstić information content (AvgIpc) is 2.17. The predicted octanol–water partition coefficient (Wildman–Crippen LogP) is 1.82. The standard InChI is InChI=1S/C12H20N2/c1-4-10-5-6-12(14(2)3)11(9-10)7-8-13/h5-6,9H,4,7-8,13H2,1-3H3. The van der Waals surface area contributed by atoms with Crippen LogP contribution in [0.4, 0.5) is 5.69 Å². The summed E-state index contributed by atoms with van der Waals surface area (Å²) in [6.07, 6.45) is 2.05. The van der Waals surface area contributed by atoms with Gasteiger partial charge in [0.25, 0.3) is 0 Å². The highest BCUT2D eigenvalue weighted by Gasteiger charge is 2.04. The summed E-state index contributed by atoms with van der Waals surface area (Å²) >= 11 is 0. The molecule has 0 saturated carbocycles. The van der Waals surface area contributed by atoms with Gasteiger partial charge in [0.2, 0.25) is 0 Å². The van der Waals surface area contributed by atoms with Gasteiger partial charge >= 0.3 is 0 Å². The number of hydrogen-bond acceptors (Lipinski definition) is 2. The van der Waals surface area contributed by atoms with E-state index in [4.69, 9.17) is 5.73 Å². The second-order valence-electron chi connectivity index (χ2n) is 3.75. The molecule has 0 unspecified atom stereocenters. The molecule has 1 aromatic rings. The van der Waals surface area contributed by atoms with Gasteiger partial charge in [0.1, 0.15) is 0 Å². The molecule has 78 valence electrons. The minimum atomic E-state index is 0.716. The lowest BCUT2D eigenvalue weighted by molar-refractivity contribution is 0.948. The van der Waals surface area contributed by atoms with E-state index in [1.54, 1.807) is 0 Å². The number of hydrogen-bond donors (Lipinski definition) is 1. The van der Waals surface area contributed by atoms with Crippen LogP contribution >= 0.6 is 0 Å². The van der Waals surface area contributed by atoms with E-state index in [2.05, 4.69) is 44.1 Å². The first kappa shape index (κ1) is 11.1. The normalized spacial score (nSPS) is 10.3. The molecule has 0 aliphatic heterocycles. The van der Waals surface area contributed by atoms with Crippen LogP contribution in [0, 0.1) is 0 Å². The van der Waals surface area contributed by atoms with Crippen molar-refractivity contribution in [2.45, 2.75) is 19.8 Å². The molecule has 0 fully saturated rings. The number of nitrogens with two attached hydrogens (primary N) is 1. The van der Waals surface area contributed by atoms with Gasteiger partial charge in [0.15, 0.2) is 0 Å². The number of rotatable bonds is 4. The summed E-state index contributed by atoms with van der Waals surface area (Å²) in [4.78, 5) is 2.14. The van der Waals surface area contributed by atoms with Crippen molar-refractivity contribution < 1.29 is 0 Å². The Labute approximate surface area is 86.7 Å². The van der Waals surface area contributed by atoms with Gasteiger partial charge in [-0.3, -0.25) is 0 Å². The topological polar surface area (TPSA) is 29.3 Å². The fraction of sp³-hybridized carbons (Fsp3) is 0.500. The van der Waals surface area contributed by atoms with E-state index in [1.165, 1.54) is 16.8 Å². The van der Waals surface area contributed by atoms with Crippen LogP contribution in [-0.4, -0.2) is 20.6 Å². The van der Waals surface area contributed by atoms with Crippen molar-refractivity contribution >= 4 is 5.69 Å². The third kappa shape index (κ3) is 2.48. The molecule has 2 N–H and O–H groups in total. The monoisotopic (exact) mass is 192 g/mol. The molecule has 0 bridgehead atoms. The Balaban J connectivity index is 3.03. The minimum Gasteiger partial charge on any atom is -0.377 e. The molecule has 0 heterocycles. The molecule has 0 saturated heterocycles. The van der Waals surface area contributed by atoms with Crippen molar-refractivity contribution in [3.05, 3.63) is 29.3 Å². The Kier molecular flexibility index (Phi) is 3.96. The first-order valence-electron chi connectivity index (χ1n) is 5.18. The summed E-state index contributed by atoms with van der Waals surface area (Å²) in [7, 11) is 4.14. The van der Waals surface area contributed by atoms with E-state index < -0.39 is 0 Å². The molecule has 14 heavy (non-hydrogen) atoms. The Bertz CT molecular complexity index is 292. The first-order chi connectivity index (χ1) is 6.69. The van der Waals surface area contributed by atoms with E-state index in [-0.39, 0.29) is 0 Å². The molecule has 2 heteroatoms. The minimum absolute atomic E-state index is 0.716. The van der Waals surface area contributed by atoms with E-state index in [1.807, 2.05) is 0 Å². The van der Waals surface area contributed by atoms with Crippen LogP contribution in [-0.2, 0) is 12.8 Å². The van der Waals surface area contributed by atoms with E-state index in [0.29, 0.717) is 6.54 Å². The SMILES string of the molecule is CCc1ccc(N(C)C)c(CCN)c1. The van der Waals surface area contributed by atoms with Crippen molar-refractivity contribution in [2.75, 3.05) is 25.5 Å². The number of nitrogens with zero attached hydrogens (tertiary/aromatic N) is 1. The Morgan fingerprint density at radius 1 is 1.29 bits per heavy atom. The van der Waals surface area contributed by atoms with Gasteiger partial charge in [-0.1, -0.05) is 19.1 Å². The molecule has 0 atom stereocenters. The van der Waals surface area contributed by atoms with Crippen LogP contribution in [0.25, 0.3) is 0 Å². The maximum absolute atomic E-state index is 5.60. The molecule has 2 nitrogen and oxygen atoms in total. The molecule has 1 rings (SSSR count). The Morgan fingerprint density at radius 3 is 2.50 bits per heavy atom. The zero-order valence-corrected chi connectivity index (χ0v) is 9.38. The fourth-order valence-electron chi connectivity index (χ4n) is 1.65. The predicted molar refractivity (Wildman–Crippen MR) is 62.9 cm³/mol. The van der Waals surface area contributed by atoms with Gasteiger partial charge in [-0.2, -0.15) is 0 Å². The number of benzene rings is 1. The van der Waals surface area contributed by atoms with Crippen molar-refractivity contribution in [1.29, 1.82) is 0 Å². The highest BCUT2D eigenvalue weighted by Crippen LogP contribution is 2.20. The summed E-state index contributed by atoms with van der Waals surface area (Å²) in [5.74, 6) is 0. The van der Waals surface area contributed by atoms with E-state index >= 15 is 0 Å². The van der Waals surface area contributed by atoms with Crippen molar-refractivity contribution in [1.82, 2.24) is 0 Å². The van der Waals surface area contributed by atoms with Crippen LogP contribution < -0.4 is 10.6 Å². The Hall–Kier alpha value is -1.02. The van der Waals surface area contributed by atoms with Crippen LogP contribution in [0.5, 0.6) is 0 Å². The number of aryl methyl sites for hydroxylation is 1. The van der Waals surface area contributed by atoms with Gasteiger partial charge < -0.3 is 10.6 Å². The quantitative estimate of drug-likeness (QED) is 0.788. The summed E-state index contributed by atoms with van der Waals surface area (Å²) in [5.41, 5.74) is 9.63. The maximum Gasteiger partial charge on any atom is 0.0394 e. The molecule has 0 aliphatic carbocycles. The van der Waals surface area contributed by atoms with Crippen LogP contribution in [0.2, 0.25) is 0 Å². The summed E-state index contributed by atoms with van der Waals surface area (Å²) in [6, 6.07) is 6.64. The molecule has 0 spiro atoms. The van der Waals surface area contributed by atoms with Crippen LogP contribution in [0.15, 0.2) is 18.2 Å². The first-order valence-corrected chi connectivity index (χ1v) is 5.18. The van der Waals surface area contributed by atoms with Crippen LogP contribution in [0.3, 0.4) is 0 Å². The fourth-order valence-corrected chi connectivity index (χ4v) is 1.65. The lowest BCUT2D eigenvalue weighted by atomic mass is 10.0. The summed E-state index contributed by atoms with van der Waals surface area (Å²) < 4.78 is 0. The molecule has 0 radical (unpaired) electrons. The third-order valence-corrected chi connectivity index (χ3v) is 2.45. The molecule has 1 aromatic carbocycles. The summed E-state index contributed by atoms with van der Waals surface area (Å²) in [5, 5.41) is 0. The molecule has 0 aromatic heterocycles. The van der Waals surface area contributed by atoms with E-state index in [9.17, 15) is 0 Å². The smallest absolute Gasteiger partial charge is 0.0394 e. The van der Waals surface area contributed by atoms with E-state index in [0.717, 1.165) is 12.8 Å². The van der Waals surface area contributed by atoms with Gasteiger partial charge in [-0.05, 0) is 36.6 Å². The van der Waals surface area contributed by atoms with Crippen LogP contribution in [0.1, 0.15) is 18.1 Å². The zero-order valence-electron chi connectivity index (χ0n) is 9.38. The maximum atomic E-state index is 5.60. The molecular weight excluding hydrogens is 172 g/mol. The molecular formula is C12H20N2. The van der Waals surface area contributed by atoms with Gasteiger partial charge in [-0.15, -0.1) is 0 Å². The van der Waals surface area contributed by atoms with Gasteiger partial charge in [-0.25, -0.2) is 0 Å². The zero-order chi connectivity index (χ0) is 10.6. The Morgan fingerprint density at radius 2 is 2.00 bits per heavy atom. The second-order valence-corrected chi connectivity index (χ2v) is 3.75. The average molecular weight is 192 g/mol. The largest absolute Gasteiger partial charge is 0.377 e. The van der Waals surface area contributed by atoms with Crippen molar-refractivity contribution in [2.24, 2.45) is 5.73 Å². The van der Waals surface area contributed by atoms with Crippen molar-refractivity contribution in [3.8, 4) is 0 Å². The number of anilines is 1. The highest BCUT2D eigenvalue weighted by molar-refractivity contribution is 5.54.